The zero-order valence-electron chi connectivity index (χ0n) is 20.6. The predicted octanol–water partition coefficient (Wildman–Crippen LogP) is 3.75. The van der Waals surface area contributed by atoms with Crippen molar-refractivity contribution < 1.29 is 31.9 Å². The van der Waals surface area contributed by atoms with Crippen LogP contribution < -0.4 is 16.0 Å². The van der Waals surface area contributed by atoms with Gasteiger partial charge in [-0.15, -0.1) is 0 Å². The van der Waals surface area contributed by atoms with Crippen molar-refractivity contribution in [3.63, 3.8) is 0 Å². The fourth-order valence-corrected chi connectivity index (χ4v) is 3.71. The molecule has 1 fully saturated rings. The van der Waals surface area contributed by atoms with Crippen LogP contribution >= 0.6 is 0 Å². The number of nitrogens with zero attached hydrogens (tertiary/aromatic N) is 4. The molecule has 0 aliphatic carbocycles. The highest BCUT2D eigenvalue weighted by Crippen LogP contribution is 2.36. The minimum atomic E-state index is -4.75. The van der Waals surface area contributed by atoms with Gasteiger partial charge in [-0.05, 0) is 36.8 Å². The van der Waals surface area contributed by atoms with Crippen molar-refractivity contribution in [3.05, 3.63) is 71.6 Å². The lowest BCUT2D eigenvalue weighted by molar-refractivity contribution is -0.137. The summed E-state index contributed by atoms with van der Waals surface area (Å²) < 4.78 is 58.4. The molecule has 1 aromatic carbocycles. The number of aliphatic imine (C=N–C) groups is 1. The molecule has 1 aliphatic heterocycles. The lowest BCUT2D eigenvalue weighted by atomic mass is 9.87. The molecule has 39 heavy (non-hydrogen) atoms. The molecule has 1 saturated heterocycles. The van der Waals surface area contributed by atoms with Gasteiger partial charge in [0, 0.05) is 32.3 Å². The minimum absolute atomic E-state index is 0.00627. The van der Waals surface area contributed by atoms with E-state index in [0.29, 0.717) is 30.7 Å². The zero-order valence-corrected chi connectivity index (χ0v) is 20.6. The van der Waals surface area contributed by atoms with Crippen molar-refractivity contribution >= 4 is 35.4 Å². The van der Waals surface area contributed by atoms with Crippen LogP contribution in [0.5, 0.6) is 0 Å². The van der Waals surface area contributed by atoms with Gasteiger partial charge in [-0.1, -0.05) is 0 Å². The summed E-state index contributed by atoms with van der Waals surface area (Å²) in [5.74, 6) is -1.71. The molecule has 0 spiro atoms. The Morgan fingerprint density at radius 2 is 1.90 bits per heavy atom. The number of pyridine rings is 1. The number of carbonyl (C=O) groups is 2. The van der Waals surface area contributed by atoms with Crippen LogP contribution in [0.4, 0.5) is 34.9 Å². The SMILES string of the molecule is CNc1ncc(C(=O)N=C[C@@]2(C(=O)NCc3ccc(Nc4ccc(F)cc4C(F)(F)F)cn3)CCOC2)cn1. The number of nitrogens with one attached hydrogen (secondary N) is 3. The third kappa shape index (κ3) is 6.71. The smallest absolute Gasteiger partial charge is 0.380 e. The molecule has 4 rings (SSSR count). The summed E-state index contributed by atoms with van der Waals surface area (Å²) in [5.41, 5.74) is -1.83. The molecule has 14 heteroatoms. The maximum atomic E-state index is 13.3. The summed E-state index contributed by atoms with van der Waals surface area (Å²) >= 11 is 0. The standard InChI is InChI=1S/C25H23F4N7O3/c1-30-23-33-9-15(10-34-23)21(37)35-13-24(6-7-39-14-24)22(38)32-11-17-3-4-18(12-31-17)36-20-5-2-16(26)8-19(20)25(27,28)29/h2-5,8-10,12-13,36H,6-7,11,14H2,1H3,(H,32,38)(H,30,33,34)/t24-/m0/s1. The Hall–Kier alpha value is -4.46. The first-order chi connectivity index (χ1) is 18.6. The summed E-state index contributed by atoms with van der Waals surface area (Å²) in [5, 5.41) is 8.06. The van der Waals surface area contributed by atoms with Gasteiger partial charge < -0.3 is 20.7 Å². The summed E-state index contributed by atoms with van der Waals surface area (Å²) in [6, 6.07) is 5.32. The molecule has 0 radical (unpaired) electrons. The van der Waals surface area contributed by atoms with Crippen LogP contribution in [0, 0.1) is 11.2 Å². The first-order valence-corrected chi connectivity index (χ1v) is 11.6. The fraction of sp³-hybridized carbons (Fsp3) is 0.280. The summed E-state index contributed by atoms with van der Waals surface area (Å²) in [6.07, 6.45) is 0.758. The molecule has 2 amide bonds. The van der Waals surface area contributed by atoms with Gasteiger partial charge in [0.05, 0.1) is 47.5 Å². The van der Waals surface area contributed by atoms with Crippen LogP contribution in [0.1, 0.15) is 28.0 Å². The van der Waals surface area contributed by atoms with E-state index >= 15 is 0 Å². The number of aromatic nitrogens is 3. The maximum Gasteiger partial charge on any atom is 0.418 e. The third-order valence-electron chi connectivity index (χ3n) is 5.88. The highest BCUT2D eigenvalue weighted by molar-refractivity contribution is 6.05. The molecule has 3 N–H and O–H groups in total. The monoisotopic (exact) mass is 545 g/mol. The van der Waals surface area contributed by atoms with Crippen LogP contribution in [0.3, 0.4) is 0 Å². The molecular formula is C25H23F4N7O3. The van der Waals surface area contributed by atoms with Crippen LogP contribution in [-0.2, 0) is 22.3 Å². The van der Waals surface area contributed by atoms with Crippen molar-refractivity contribution in [1.29, 1.82) is 0 Å². The Balaban J connectivity index is 1.39. The van der Waals surface area contributed by atoms with E-state index in [2.05, 4.69) is 35.9 Å². The van der Waals surface area contributed by atoms with Crippen molar-refractivity contribution in [2.24, 2.45) is 10.4 Å². The number of ether oxygens (including phenoxy) is 1. The number of carbonyl (C=O) groups excluding carboxylic acids is 2. The van der Waals surface area contributed by atoms with Gasteiger partial charge >= 0.3 is 6.18 Å². The van der Waals surface area contributed by atoms with Gasteiger partial charge in [-0.25, -0.2) is 19.4 Å². The highest BCUT2D eigenvalue weighted by atomic mass is 19.4. The van der Waals surface area contributed by atoms with E-state index < -0.39 is 34.8 Å². The Kier molecular flexibility index (Phi) is 8.14. The summed E-state index contributed by atoms with van der Waals surface area (Å²) in [4.78, 5) is 41.5. The average molecular weight is 545 g/mol. The number of amides is 2. The Labute approximate surface area is 219 Å². The molecule has 204 valence electrons. The van der Waals surface area contributed by atoms with E-state index in [1.807, 2.05) is 0 Å². The van der Waals surface area contributed by atoms with E-state index in [1.165, 1.54) is 36.9 Å². The number of anilines is 3. The fourth-order valence-electron chi connectivity index (χ4n) is 3.71. The van der Waals surface area contributed by atoms with Gasteiger partial charge in [-0.2, -0.15) is 13.2 Å². The molecule has 0 bridgehead atoms. The van der Waals surface area contributed by atoms with Crippen molar-refractivity contribution in [2.75, 3.05) is 30.9 Å². The van der Waals surface area contributed by atoms with Gasteiger partial charge in [0.2, 0.25) is 11.9 Å². The second-order valence-electron chi connectivity index (χ2n) is 8.60. The minimum Gasteiger partial charge on any atom is -0.380 e. The molecular weight excluding hydrogens is 522 g/mol. The van der Waals surface area contributed by atoms with E-state index in [0.717, 1.165) is 12.1 Å². The second-order valence-corrected chi connectivity index (χ2v) is 8.60. The molecule has 0 unspecified atom stereocenters. The van der Waals surface area contributed by atoms with E-state index in [9.17, 15) is 27.2 Å². The normalized spacial score (nSPS) is 17.3. The van der Waals surface area contributed by atoms with Gasteiger partial charge in [0.1, 0.15) is 11.2 Å². The first-order valence-electron chi connectivity index (χ1n) is 11.6. The maximum absolute atomic E-state index is 13.3. The van der Waals surface area contributed by atoms with Gasteiger partial charge in [-0.3, -0.25) is 14.6 Å². The molecule has 3 aromatic rings. The Morgan fingerprint density at radius 3 is 2.51 bits per heavy atom. The number of hydrogen-bond donors (Lipinski definition) is 3. The Bertz CT molecular complexity index is 1360. The van der Waals surface area contributed by atoms with Crippen molar-refractivity contribution in [1.82, 2.24) is 20.3 Å². The second kappa shape index (κ2) is 11.5. The zero-order chi connectivity index (χ0) is 28.0. The highest BCUT2D eigenvalue weighted by Gasteiger charge is 2.41. The lowest BCUT2D eigenvalue weighted by Crippen LogP contribution is -2.42. The number of alkyl halides is 3. The summed E-state index contributed by atoms with van der Waals surface area (Å²) in [6.45, 7) is 0.335. The molecule has 0 saturated carbocycles. The lowest BCUT2D eigenvalue weighted by Gasteiger charge is -2.21. The molecule has 1 aliphatic rings. The van der Waals surface area contributed by atoms with Gasteiger partial charge in [0.15, 0.2) is 0 Å². The molecule has 1 atom stereocenters. The number of benzene rings is 1. The van der Waals surface area contributed by atoms with Gasteiger partial charge in [0.25, 0.3) is 5.91 Å². The van der Waals surface area contributed by atoms with Crippen LogP contribution in [0.2, 0.25) is 0 Å². The third-order valence-corrected chi connectivity index (χ3v) is 5.88. The first kappa shape index (κ1) is 27.6. The van der Waals surface area contributed by atoms with Crippen LogP contribution in [-0.4, -0.2) is 53.2 Å². The number of halogens is 4. The van der Waals surface area contributed by atoms with Crippen LogP contribution in [0.25, 0.3) is 0 Å². The number of hydrogen-bond acceptors (Lipinski definition) is 8. The quantitative estimate of drug-likeness (QED) is 0.288. The average Bonchev–Trinajstić information content (AvgIpc) is 3.42. The predicted molar refractivity (Wildman–Crippen MR) is 133 cm³/mol. The van der Waals surface area contributed by atoms with E-state index in [4.69, 9.17) is 4.74 Å². The van der Waals surface area contributed by atoms with E-state index in [1.54, 1.807) is 7.05 Å². The molecule has 10 nitrogen and oxygen atoms in total. The molecule has 2 aromatic heterocycles. The largest absolute Gasteiger partial charge is 0.418 e. The summed E-state index contributed by atoms with van der Waals surface area (Å²) in [7, 11) is 1.64. The topological polar surface area (TPSA) is 130 Å². The Morgan fingerprint density at radius 1 is 1.13 bits per heavy atom. The van der Waals surface area contributed by atoms with Crippen molar-refractivity contribution in [2.45, 2.75) is 19.1 Å². The van der Waals surface area contributed by atoms with Crippen LogP contribution in [0.15, 0.2) is 53.9 Å². The van der Waals surface area contributed by atoms with Crippen molar-refractivity contribution in [3.8, 4) is 0 Å². The number of rotatable bonds is 8. The van der Waals surface area contributed by atoms with E-state index in [-0.39, 0.29) is 30.1 Å². The molecule has 3 heterocycles.